The normalized spacial score (nSPS) is 14.7. The molecule has 1 unspecified atom stereocenters. The minimum absolute atomic E-state index is 0.0949. The lowest BCUT2D eigenvalue weighted by atomic mass is 10.1. The van der Waals surface area contributed by atoms with E-state index in [1.807, 2.05) is 37.3 Å². The van der Waals surface area contributed by atoms with Gasteiger partial charge in [-0.15, -0.1) is 0 Å². The van der Waals surface area contributed by atoms with E-state index in [0.717, 1.165) is 17.7 Å². The van der Waals surface area contributed by atoms with Crippen molar-refractivity contribution in [2.24, 2.45) is 0 Å². The molecule has 0 aliphatic carbocycles. The average molecular weight is 365 g/mol. The molecule has 27 heavy (non-hydrogen) atoms. The van der Waals surface area contributed by atoms with Crippen LogP contribution in [0.1, 0.15) is 41.7 Å². The van der Waals surface area contributed by atoms with Crippen molar-refractivity contribution in [3.05, 3.63) is 65.7 Å². The number of hydrogen-bond donors (Lipinski definition) is 2. The maximum atomic E-state index is 12.2. The number of rotatable bonds is 6. The van der Waals surface area contributed by atoms with E-state index < -0.39 is 0 Å². The molecule has 3 rings (SSSR count). The second-order valence-corrected chi connectivity index (χ2v) is 6.58. The van der Waals surface area contributed by atoms with Gasteiger partial charge in [0.15, 0.2) is 0 Å². The average Bonchev–Trinajstić information content (AvgIpc) is 3.13. The molecule has 1 fully saturated rings. The van der Waals surface area contributed by atoms with Gasteiger partial charge in [-0.25, -0.2) is 0 Å². The van der Waals surface area contributed by atoms with Crippen molar-refractivity contribution in [1.29, 1.82) is 0 Å². The number of amides is 3. The van der Waals surface area contributed by atoms with Gasteiger partial charge in [0.25, 0.3) is 5.91 Å². The Bertz CT molecular complexity index is 818. The third kappa shape index (κ3) is 4.73. The highest BCUT2D eigenvalue weighted by Crippen LogP contribution is 2.21. The predicted molar refractivity (Wildman–Crippen MR) is 103 cm³/mol. The first kappa shape index (κ1) is 18.6. The van der Waals surface area contributed by atoms with E-state index in [9.17, 15) is 14.4 Å². The van der Waals surface area contributed by atoms with Crippen LogP contribution in [0.15, 0.2) is 54.6 Å². The standard InChI is InChI=1S/C21H23N3O3/c1-15(16-6-3-2-4-7-16)23-19(25)14-22-21(27)17-9-11-18(12-10-17)24-13-5-8-20(24)26/h2-4,6-7,9-12,15H,5,8,13-14H2,1H3,(H,22,27)(H,23,25). The summed E-state index contributed by atoms with van der Waals surface area (Å²) < 4.78 is 0. The lowest BCUT2D eigenvalue weighted by Gasteiger charge is -2.16. The van der Waals surface area contributed by atoms with Crippen molar-refractivity contribution in [3.8, 4) is 0 Å². The smallest absolute Gasteiger partial charge is 0.251 e. The van der Waals surface area contributed by atoms with Gasteiger partial charge in [0.2, 0.25) is 11.8 Å². The Morgan fingerprint density at radius 3 is 2.41 bits per heavy atom. The number of carbonyl (C=O) groups excluding carboxylic acids is 3. The van der Waals surface area contributed by atoms with Crippen LogP contribution < -0.4 is 15.5 Å². The quantitative estimate of drug-likeness (QED) is 0.825. The number of nitrogens with one attached hydrogen (secondary N) is 2. The molecule has 2 N–H and O–H groups in total. The van der Waals surface area contributed by atoms with Crippen molar-refractivity contribution in [1.82, 2.24) is 10.6 Å². The summed E-state index contributed by atoms with van der Waals surface area (Å²) in [5, 5.41) is 5.48. The van der Waals surface area contributed by atoms with Crippen LogP contribution in [0.5, 0.6) is 0 Å². The molecule has 140 valence electrons. The van der Waals surface area contributed by atoms with E-state index >= 15 is 0 Å². The summed E-state index contributed by atoms with van der Waals surface area (Å²) in [7, 11) is 0. The van der Waals surface area contributed by atoms with Crippen LogP contribution in [0.2, 0.25) is 0 Å². The summed E-state index contributed by atoms with van der Waals surface area (Å²) in [4.78, 5) is 37.8. The van der Waals surface area contributed by atoms with Gasteiger partial charge in [0.05, 0.1) is 12.6 Å². The Kier molecular flexibility index (Phi) is 5.86. The third-order valence-electron chi connectivity index (χ3n) is 4.60. The molecule has 0 aromatic heterocycles. The Hall–Kier alpha value is -3.15. The van der Waals surface area contributed by atoms with Gasteiger partial charge >= 0.3 is 0 Å². The van der Waals surface area contributed by atoms with E-state index in [1.54, 1.807) is 29.2 Å². The number of hydrogen-bond acceptors (Lipinski definition) is 3. The van der Waals surface area contributed by atoms with Crippen molar-refractivity contribution in [2.45, 2.75) is 25.8 Å². The van der Waals surface area contributed by atoms with Crippen molar-refractivity contribution in [3.63, 3.8) is 0 Å². The highest BCUT2D eigenvalue weighted by molar-refractivity contribution is 5.98. The first-order chi connectivity index (χ1) is 13.0. The molecular formula is C21H23N3O3. The Labute approximate surface area is 158 Å². The fourth-order valence-electron chi connectivity index (χ4n) is 3.09. The fraction of sp³-hybridized carbons (Fsp3) is 0.286. The first-order valence-corrected chi connectivity index (χ1v) is 9.07. The van der Waals surface area contributed by atoms with Crippen molar-refractivity contribution in [2.75, 3.05) is 18.0 Å². The van der Waals surface area contributed by atoms with E-state index in [1.165, 1.54) is 0 Å². The number of nitrogens with zero attached hydrogens (tertiary/aromatic N) is 1. The highest BCUT2D eigenvalue weighted by Gasteiger charge is 2.21. The summed E-state index contributed by atoms with van der Waals surface area (Å²) >= 11 is 0. The van der Waals surface area contributed by atoms with Crippen molar-refractivity contribution < 1.29 is 14.4 Å². The molecule has 0 radical (unpaired) electrons. The van der Waals surface area contributed by atoms with E-state index in [4.69, 9.17) is 0 Å². The molecular weight excluding hydrogens is 342 g/mol. The zero-order valence-electron chi connectivity index (χ0n) is 15.3. The number of carbonyl (C=O) groups is 3. The van der Waals surface area contributed by atoms with Crippen LogP contribution in [0, 0.1) is 0 Å². The predicted octanol–water partition coefficient (Wildman–Crippen LogP) is 2.42. The molecule has 0 bridgehead atoms. The van der Waals surface area contributed by atoms with Gasteiger partial charge in [0.1, 0.15) is 0 Å². The van der Waals surface area contributed by atoms with E-state index in [-0.39, 0.29) is 30.3 Å². The van der Waals surface area contributed by atoms with E-state index in [0.29, 0.717) is 18.5 Å². The van der Waals surface area contributed by atoms with Gasteiger partial charge in [-0.2, -0.15) is 0 Å². The fourth-order valence-corrected chi connectivity index (χ4v) is 3.09. The lowest BCUT2D eigenvalue weighted by molar-refractivity contribution is -0.120. The van der Waals surface area contributed by atoms with Gasteiger partial charge in [0, 0.05) is 24.2 Å². The monoisotopic (exact) mass is 365 g/mol. The topological polar surface area (TPSA) is 78.5 Å². The molecule has 0 spiro atoms. The zero-order valence-corrected chi connectivity index (χ0v) is 15.3. The Morgan fingerprint density at radius 1 is 1.07 bits per heavy atom. The molecule has 1 atom stereocenters. The summed E-state index contributed by atoms with van der Waals surface area (Å²) in [5.41, 5.74) is 2.25. The molecule has 2 aromatic carbocycles. The number of benzene rings is 2. The molecule has 6 nitrogen and oxygen atoms in total. The second kappa shape index (κ2) is 8.49. The van der Waals surface area contributed by atoms with E-state index in [2.05, 4.69) is 10.6 Å². The van der Waals surface area contributed by atoms with Crippen molar-refractivity contribution >= 4 is 23.4 Å². The summed E-state index contributed by atoms with van der Waals surface area (Å²) in [6, 6.07) is 16.4. The molecule has 1 saturated heterocycles. The van der Waals surface area contributed by atoms with Crippen LogP contribution in [-0.4, -0.2) is 30.8 Å². The third-order valence-corrected chi connectivity index (χ3v) is 4.60. The second-order valence-electron chi connectivity index (χ2n) is 6.58. The Balaban J connectivity index is 1.50. The molecule has 1 aliphatic rings. The Morgan fingerprint density at radius 2 is 1.78 bits per heavy atom. The summed E-state index contributed by atoms with van der Waals surface area (Å²) in [5.74, 6) is -0.466. The molecule has 0 saturated carbocycles. The van der Waals surface area contributed by atoms with Gasteiger partial charge < -0.3 is 15.5 Å². The lowest BCUT2D eigenvalue weighted by Crippen LogP contribution is -2.38. The molecule has 1 aliphatic heterocycles. The highest BCUT2D eigenvalue weighted by atomic mass is 16.2. The van der Waals surface area contributed by atoms with Crippen LogP contribution in [-0.2, 0) is 9.59 Å². The van der Waals surface area contributed by atoms with Gasteiger partial charge in [-0.1, -0.05) is 30.3 Å². The number of anilines is 1. The molecule has 1 heterocycles. The largest absolute Gasteiger partial charge is 0.348 e. The van der Waals surface area contributed by atoms with Crippen LogP contribution >= 0.6 is 0 Å². The first-order valence-electron chi connectivity index (χ1n) is 9.07. The van der Waals surface area contributed by atoms with Crippen LogP contribution in [0.3, 0.4) is 0 Å². The minimum atomic E-state index is -0.322. The molecule has 6 heteroatoms. The SMILES string of the molecule is CC(NC(=O)CNC(=O)c1ccc(N2CCCC2=O)cc1)c1ccccc1. The van der Waals surface area contributed by atoms with Gasteiger partial charge in [-0.3, -0.25) is 14.4 Å². The minimum Gasteiger partial charge on any atom is -0.348 e. The zero-order chi connectivity index (χ0) is 19.2. The maximum absolute atomic E-state index is 12.2. The van der Waals surface area contributed by atoms with Crippen LogP contribution in [0.25, 0.3) is 0 Å². The van der Waals surface area contributed by atoms with Crippen LogP contribution in [0.4, 0.5) is 5.69 Å². The molecule has 2 aromatic rings. The summed E-state index contributed by atoms with van der Waals surface area (Å²) in [6.07, 6.45) is 1.43. The summed E-state index contributed by atoms with van der Waals surface area (Å²) in [6.45, 7) is 2.51. The van der Waals surface area contributed by atoms with Gasteiger partial charge in [-0.05, 0) is 43.2 Å². The maximum Gasteiger partial charge on any atom is 0.251 e. The molecule has 3 amide bonds.